The van der Waals surface area contributed by atoms with Crippen molar-refractivity contribution in [3.05, 3.63) is 0 Å². The maximum absolute atomic E-state index is 13.4. The first kappa shape index (κ1) is 22.3. The van der Waals surface area contributed by atoms with E-state index < -0.39 is 36.8 Å². The van der Waals surface area contributed by atoms with Crippen molar-refractivity contribution in [2.45, 2.75) is 30.8 Å². The smallest absolute Gasteiger partial charge is 0.542 e. The number of alkyl halides is 9. The third kappa shape index (κ3) is 4.90. The number of carboxylic acids is 1. The molecular weight excluding hydrogens is 378 g/mol. The minimum Gasteiger partial charge on any atom is -0.542 e. The maximum Gasteiger partial charge on any atom is 1.00 e. The fourth-order valence-electron chi connectivity index (χ4n) is 0.967. The second-order valence-electron chi connectivity index (χ2n) is 3.19. The number of carbonyl (C=O) groups excluding carboxylic acids is 1. The summed E-state index contributed by atoms with van der Waals surface area (Å²) in [5.41, 5.74) is 0. The Morgan fingerprint density at radius 1 is 0.909 bits per heavy atom. The minimum absolute atomic E-state index is 0. The third-order valence-corrected chi connectivity index (χ3v) is 1.60. The van der Waals surface area contributed by atoms with Crippen molar-refractivity contribution in [2.75, 3.05) is 0 Å². The van der Waals surface area contributed by atoms with Crippen molar-refractivity contribution in [1.82, 2.24) is 0 Å². The van der Waals surface area contributed by atoms with Crippen molar-refractivity contribution in [3.63, 3.8) is 0 Å². The molecule has 0 spiro atoms. The van der Waals surface area contributed by atoms with Gasteiger partial charge in [-0.3, -0.25) is 0 Å². The summed E-state index contributed by atoms with van der Waals surface area (Å²) < 4.78 is 121. The Morgan fingerprint density at radius 3 is 1.59 bits per heavy atom. The molecule has 1 saturated heterocycles. The molecule has 0 radical (unpaired) electrons. The molecule has 1 aliphatic rings. The van der Waals surface area contributed by atoms with E-state index in [1.807, 2.05) is 0 Å². The molecule has 1 heterocycles. The standard InChI is InChI=1S/C6HF9O6.K/c7-2(8,1(16)17)18-3(9)4(10,19-5(11,12)13)21-6(14,15)20-3;/h(H,16,17);/q;+1/p-1. The molecule has 0 N–H and O–H groups in total. The van der Waals surface area contributed by atoms with E-state index in [9.17, 15) is 49.4 Å². The van der Waals surface area contributed by atoms with Crippen LogP contribution in [0.1, 0.15) is 0 Å². The van der Waals surface area contributed by atoms with Crippen molar-refractivity contribution < 1.29 is 120 Å². The molecule has 1 fully saturated rings. The van der Waals surface area contributed by atoms with Gasteiger partial charge in [-0.2, -0.15) is 17.6 Å². The van der Waals surface area contributed by atoms with Crippen LogP contribution < -0.4 is 56.5 Å². The summed E-state index contributed by atoms with van der Waals surface area (Å²) in [4.78, 5) is 9.79. The largest absolute Gasteiger partial charge is 1.00 e. The zero-order valence-corrected chi connectivity index (χ0v) is 13.0. The first-order chi connectivity index (χ1) is 9.02. The number of halogens is 9. The van der Waals surface area contributed by atoms with Crippen LogP contribution in [0.3, 0.4) is 0 Å². The van der Waals surface area contributed by atoms with Crippen molar-refractivity contribution >= 4 is 5.97 Å². The Bertz CT molecular complexity index is 443. The van der Waals surface area contributed by atoms with Crippen molar-refractivity contribution in [3.8, 4) is 0 Å². The van der Waals surface area contributed by atoms with Gasteiger partial charge in [0.05, 0.1) is 0 Å². The molecule has 0 aliphatic carbocycles. The van der Waals surface area contributed by atoms with Gasteiger partial charge in [0, 0.05) is 0 Å². The average molecular weight is 378 g/mol. The van der Waals surface area contributed by atoms with Gasteiger partial charge < -0.3 is 9.90 Å². The van der Waals surface area contributed by atoms with E-state index in [4.69, 9.17) is 0 Å². The molecule has 0 aromatic carbocycles. The molecule has 2 unspecified atom stereocenters. The van der Waals surface area contributed by atoms with Gasteiger partial charge in [0.2, 0.25) is 0 Å². The number of aliphatic carboxylic acids is 1. The van der Waals surface area contributed by atoms with Crippen LogP contribution in [0.5, 0.6) is 0 Å². The Hall–Kier alpha value is 0.316. The van der Waals surface area contributed by atoms with Gasteiger partial charge in [0.1, 0.15) is 5.97 Å². The molecule has 2 atom stereocenters. The maximum atomic E-state index is 13.4. The van der Waals surface area contributed by atoms with E-state index >= 15 is 0 Å². The third-order valence-electron chi connectivity index (χ3n) is 1.60. The van der Waals surface area contributed by atoms with Crippen LogP contribution >= 0.6 is 0 Å². The molecule has 16 heteroatoms. The predicted molar refractivity (Wildman–Crippen MR) is 33.0 cm³/mol. The monoisotopic (exact) mass is 378 g/mol. The minimum atomic E-state index is -6.23. The van der Waals surface area contributed by atoms with Crippen LogP contribution in [0, 0.1) is 0 Å². The summed E-state index contributed by atoms with van der Waals surface area (Å²) >= 11 is 0. The summed E-state index contributed by atoms with van der Waals surface area (Å²) in [6, 6.07) is -11.6. The fourth-order valence-corrected chi connectivity index (χ4v) is 0.967. The van der Waals surface area contributed by atoms with Crippen LogP contribution in [0.25, 0.3) is 0 Å². The summed E-state index contributed by atoms with van der Waals surface area (Å²) in [5, 5.41) is 9.79. The molecule has 0 aromatic rings. The molecule has 0 aromatic heterocycles. The SMILES string of the molecule is O=C([O-])C(F)(F)OC1(F)OC(F)(F)OC1(F)OC(F)(F)F.[K+]. The molecule has 1 aliphatic heterocycles. The van der Waals surface area contributed by atoms with Gasteiger partial charge in [-0.25, -0.2) is 18.9 Å². The Labute approximate surface area is 155 Å². The molecule has 0 amide bonds. The number of ether oxygens (including phenoxy) is 4. The Balaban J connectivity index is 0.00000441. The summed E-state index contributed by atoms with van der Waals surface area (Å²) in [5.74, 6) is -3.60. The zero-order valence-electron chi connectivity index (χ0n) is 9.85. The van der Waals surface area contributed by atoms with E-state index in [1.165, 1.54) is 0 Å². The van der Waals surface area contributed by atoms with Crippen LogP contribution in [0.15, 0.2) is 0 Å². The van der Waals surface area contributed by atoms with Gasteiger partial charge in [0.15, 0.2) is 0 Å². The molecule has 124 valence electrons. The van der Waals surface area contributed by atoms with Gasteiger partial charge in [-0.05, 0) is 0 Å². The van der Waals surface area contributed by atoms with Gasteiger partial charge in [-0.15, -0.1) is 22.0 Å². The van der Waals surface area contributed by atoms with Gasteiger partial charge in [0.25, 0.3) is 0 Å². The van der Waals surface area contributed by atoms with Crippen LogP contribution in [-0.4, -0.2) is 36.8 Å². The van der Waals surface area contributed by atoms with E-state index in [0.717, 1.165) is 0 Å². The molecule has 0 saturated carbocycles. The fraction of sp³-hybridized carbons (Fsp3) is 0.833. The molecule has 0 bridgehead atoms. The van der Waals surface area contributed by atoms with Crippen LogP contribution in [-0.2, 0) is 23.7 Å². The number of hydrogen-bond donors (Lipinski definition) is 0. The number of hydrogen-bond acceptors (Lipinski definition) is 6. The number of carbonyl (C=O) groups is 1. The van der Waals surface area contributed by atoms with Gasteiger partial charge in [-0.1, -0.05) is 0 Å². The first-order valence-corrected chi connectivity index (χ1v) is 4.24. The van der Waals surface area contributed by atoms with E-state index in [-0.39, 0.29) is 51.4 Å². The van der Waals surface area contributed by atoms with E-state index in [1.54, 1.807) is 0 Å². The summed E-state index contributed by atoms with van der Waals surface area (Å²) in [6.45, 7) is 0. The molecule has 6 nitrogen and oxygen atoms in total. The molecular formula is C6F9KO6. The van der Waals surface area contributed by atoms with Crippen molar-refractivity contribution in [2.24, 2.45) is 0 Å². The second-order valence-corrected chi connectivity index (χ2v) is 3.19. The van der Waals surface area contributed by atoms with Crippen LogP contribution in [0.4, 0.5) is 39.5 Å². The van der Waals surface area contributed by atoms with E-state index in [2.05, 4.69) is 18.9 Å². The average Bonchev–Trinajstić information content (AvgIpc) is 2.25. The second kappa shape index (κ2) is 6.32. The topological polar surface area (TPSA) is 77.1 Å². The van der Waals surface area contributed by atoms with Gasteiger partial charge >= 0.3 is 82.2 Å². The zero-order chi connectivity index (χ0) is 16.9. The number of carboxylic acid groups (broad SMARTS) is 1. The first-order valence-electron chi connectivity index (χ1n) is 4.24. The Kier molecular flexibility index (Phi) is 6.41. The molecule has 1 rings (SSSR count). The normalized spacial score (nSPS) is 31.7. The quantitative estimate of drug-likeness (QED) is 0.406. The van der Waals surface area contributed by atoms with E-state index in [0.29, 0.717) is 0 Å². The predicted octanol–water partition coefficient (Wildman–Crippen LogP) is -2.27. The number of rotatable bonds is 4. The van der Waals surface area contributed by atoms with Crippen molar-refractivity contribution in [1.29, 1.82) is 0 Å². The molecule has 22 heavy (non-hydrogen) atoms. The Morgan fingerprint density at radius 2 is 1.27 bits per heavy atom. The van der Waals surface area contributed by atoms with Crippen LogP contribution in [0.2, 0.25) is 0 Å². The summed E-state index contributed by atoms with van der Waals surface area (Å²) in [7, 11) is 0. The summed E-state index contributed by atoms with van der Waals surface area (Å²) in [6.07, 6.45) is -17.7.